The van der Waals surface area contributed by atoms with Crippen LogP contribution in [0, 0.1) is 10.1 Å². The first kappa shape index (κ1) is 23.3. The van der Waals surface area contributed by atoms with Crippen LogP contribution in [0.5, 0.6) is 0 Å². The number of carbonyl (C=O) groups is 1. The molecule has 7 nitrogen and oxygen atoms in total. The van der Waals surface area contributed by atoms with E-state index in [0.29, 0.717) is 13.1 Å². The van der Waals surface area contributed by atoms with E-state index in [1.54, 1.807) is 12.1 Å². The lowest BCUT2D eigenvalue weighted by molar-refractivity contribution is -0.385. The van der Waals surface area contributed by atoms with Gasteiger partial charge in [-0.25, -0.2) is 4.79 Å². The molecular formula is C23H31N3O4. The molecule has 7 heteroatoms. The SMILES string of the molecule is CCN(CCCCCCNC(=O)OCc1ccccc1)Cc1ccccc1[N+](=O)[O-]. The minimum Gasteiger partial charge on any atom is -0.445 e. The van der Waals surface area contributed by atoms with Crippen molar-refractivity contribution in [2.75, 3.05) is 19.6 Å². The molecule has 2 rings (SSSR count). The Morgan fingerprint density at radius 2 is 1.73 bits per heavy atom. The van der Waals surface area contributed by atoms with Crippen LogP contribution in [-0.2, 0) is 17.9 Å². The van der Waals surface area contributed by atoms with Crippen molar-refractivity contribution in [3.63, 3.8) is 0 Å². The normalized spacial score (nSPS) is 10.7. The molecular weight excluding hydrogens is 382 g/mol. The van der Waals surface area contributed by atoms with Gasteiger partial charge in [0.1, 0.15) is 6.61 Å². The van der Waals surface area contributed by atoms with Crippen LogP contribution in [0.1, 0.15) is 43.7 Å². The van der Waals surface area contributed by atoms with E-state index in [0.717, 1.165) is 49.9 Å². The summed E-state index contributed by atoms with van der Waals surface area (Å²) in [5.74, 6) is 0. The third kappa shape index (κ3) is 8.61. The average molecular weight is 414 g/mol. The number of nitrogens with one attached hydrogen (secondary N) is 1. The molecule has 1 N–H and O–H groups in total. The molecule has 0 radical (unpaired) electrons. The smallest absolute Gasteiger partial charge is 0.407 e. The summed E-state index contributed by atoms with van der Waals surface area (Å²) in [4.78, 5) is 24.8. The highest BCUT2D eigenvalue weighted by molar-refractivity contribution is 5.67. The van der Waals surface area contributed by atoms with Crippen molar-refractivity contribution in [2.24, 2.45) is 0 Å². The molecule has 0 aliphatic heterocycles. The molecule has 2 aromatic rings. The minimum atomic E-state index is -0.388. The van der Waals surface area contributed by atoms with Crippen molar-refractivity contribution in [1.29, 1.82) is 0 Å². The lowest BCUT2D eigenvalue weighted by Gasteiger charge is -2.20. The highest BCUT2D eigenvalue weighted by Crippen LogP contribution is 2.19. The predicted octanol–water partition coefficient (Wildman–Crippen LogP) is 4.90. The predicted molar refractivity (Wildman–Crippen MR) is 117 cm³/mol. The third-order valence-electron chi connectivity index (χ3n) is 4.91. The fraction of sp³-hybridized carbons (Fsp3) is 0.435. The van der Waals surface area contributed by atoms with E-state index in [-0.39, 0.29) is 23.3 Å². The molecule has 0 saturated carbocycles. The van der Waals surface area contributed by atoms with Crippen LogP contribution in [0.3, 0.4) is 0 Å². The number of nitro groups is 1. The van der Waals surface area contributed by atoms with Gasteiger partial charge in [-0.1, -0.05) is 68.3 Å². The van der Waals surface area contributed by atoms with Crippen molar-refractivity contribution in [3.8, 4) is 0 Å². The van der Waals surface area contributed by atoms with E-state index < -0.39 is 0 Å². The highest BCUT2D eigenvalue weighted by atomic mass is 16.6. The molecule has 30 heavy (non-hydrogen) atoms. The topological polar surface area (TPSA) is 84.7 Å². The van der Waals surface area contributed by atoms with E-state index in [9.17, 15) is 14.9 Å². The molecule has 162 valence electrons. The standard InChI is InChI=1S/C23H31N3O4/c1-2-25(18-21-14-8-9-15-22(21)26(28)29)17-11-4-3-10-16-24-23(27)30-19-20-12-6-5-7-13-20/h5-9,12-15H,2-4,10-11,16-19H2,1H3,(H,24,27). The number of ether oxygens (including phenoxy) is 1. The number of alkyl carbamates (subject to hydrolysis) is 1. The van der Waals surface area contributed by atoms with Gasteiger partial charge in [0.25, 0.3) is 5.69 Å². The van der Waals surface area contributed by atoms with Crippen molar-refractivity contribution >= 4 is 11.8 Å². The highest BCUT2D eigenvalue weighted by Gasteiger charge is 2.14. The Kier molecular flexibility index (Phi) is 10.4. The van der Waals surface area contributed by atoms with Crippen LogP contribution < -0.4 is 5.32 Å². The second kappa shape index (κ2) is 13.3. The third-order valence-corrected chi connectivity index (χ3v) is 4.91. The fourth-order valence-corrected chi connectivity index (χ4v) is 3.19. The maximum absolute atomic E-state index is 11.7. The summed E-state index contributed by atoms with van der Waals surface area (Å²) in [7, 11) is 0. The van der Waals surface area contributed by atoms with E-state index in [4.69, 9.17) is 4.74 Å². The number of para-hydroxylation sites is 1. The molecule has 0 saturated heterocycles. The van der Waals surface area contributed by atoms with E-state index in [1.165, 1.54) is 0 Å². The second-order valence-corrected chi connectivity index (χ2v) is 7.16. The van der Waals surface area contributed by atoms with E-state index in [1.807, 2.05) is 42.5 Å². The lowest BCUT2D eigenvalue weighted by Crippen LogP contribution is -2.25. The Bertz CT molecular complexity index is 783. The van der Waals surface area contributed by atoms with Gasteiger partial charge in [-0.15, -0.1) is 0 Å². The fourth-order valence-electron chi connectivity index (χ4n) is 3.19. The summed E-state index contributed by atoms with van der Waals surface area (Å²) >= 11 is 0. The summed E-state index contributed by atoms with van der Waals surface area (Å²) in [6.07, 6.45) is 3.60. The molecule has 0 heterocycles. The first-order valence-corrected chi connectivity index (χ1v) is 10.5. The summed E-state index contributed by atoms with van der Waals surface area (Å²) in [5.41, 5.74) is 1.90. The molecule has 0 aliphatic carbocycles. The van der Waals surface area contributed by atoms with Crippen molar-refractivity contribution in [2.45, 2.75) is 45.8 Å². The number of carbonyl (C=O) groups excluding carboxylic acids is 1. The molecule has 0 bridgehead atoms. The van der Waals surface area contributed by atoms with Gasteiger partial charge < -0.3 is 10.1 Å². The first-order chi connectivity index (χ1) is 14.6. The summed E-state index contributed by atoms with van der Waals surface area (Å²) in [6, 6.07) is 16.5. The number of hydrogen-bond donors (Lipinski definition) is 1. The largest absolute Gasteiger partial charge is 0.445 e. The zero-order chi connectivity index (χ0) is 21.6. The van der Waals surface area contributed by atoms with E-state index >= 15 is 0 Å². The van der Waals surface area contributed by atoms with Gasteiger partial charge >= 0.3 is 6.09 Å². The zero-order valence-corrected chi connectivity index (χ0v) is 17.6. The Labute approximate surface area is 178 Å². The molecule has 0 aliphatic rings. The van der Waals surface area contributed by atoms with Crippen molar-refractivity contribution < 1.29 is 14.5 Å². The molecule has 1 amide bonds. The van der Waals surface area contributed by atoms with Crippen LogP contribution in [0.4, 0.5) is 10.5 Å². The van der Waals surface area contributed by atoms with Crippen molar-refractivity contribution in [3.05, 3.63) is 75.8 Å². The van der Waals surface area contributed by atoms with Gasteiger partial charge in [0, 0.05) is 24.7 Å². The van der Waals surface area contributed by atoms with Gasteiger partial charge in [0.05, 0.1) is 4.92 Å². The molecule has 0 unspecified atom stereocenters. The maximum atomic E-state index is 11.7. The van der Waals surface area contributed by atoms with Crippen LogP contribution in [0.15, 0.2) is 54.6 Å². The van der Waals surface area contributed by atoms with E-state index in [2.05, 4.69) is 17.1 Å². The number of hydrogen-bond acceptors (Lipinski definition) is 5. The van der Waals surface area contributed by atoms with Crippen LogP contribution in [0.2, 0.25) is 0 Å². The Morgan fingerprint density at radius 3 is 2.47 bits per heavy atom. The zero-order valence-electron chi connectivity index (χ0n) is 17.6. The monoisotopic (exact) mass is 413 g/mol. The number of amides is 1. The first-order valence-electron chi connectivity index (χ1n) is 10.5. The van der Waals surface area contributed by atoms with Crippen LogP contribution in [0.25, 0.3) is 0 Å². The Morgan fingerprint density at radius 1 is 1.03 bits per heavy atom. The quantitative estimate of drug-likeness (QED) is 0.287. The van der Waals surface area contributed by atoms with Gasteiger partial charge in [0.15, 0.2) is 0 Å². The summed E-state index contributed by atoms with van der Waals surface area (Å²) in [6.45, 7) is 5.28. The molecule has 0 fully saturated rings. The minimum absolute atomic E-state index is 0.182. The molecule has 0 spiro atoms. The number of nitrogens with zero attached hydrogens (tertiary/aromatic N) is 2. The number of benzene rings is 2. The number of rotatable bonds is 13. The Hall–Kier alpha value is -2.93. The van der Waals surface area contributed by atoms with Gasteiger partial charge in [0.2, 0.25) is 0 Å². The molecule has 0 atom stereocenters. The lowest BCUT2D eigenvalue weighted by atomic mass is 10.1. The van der Waals surface area contributed by atoms with Crippen LogP contribution >= 0.6 is 0 Å². The van der Waals surface area contributed by atoms with Gasteiger partial charge in [-0.2, -0.15) is 0 Å². The number of unbranched alkanes of at least 4 members (excludes halogenated alkanes) is 3. The Balaban J connectivity index is 1.56. The summed E-state index contributed by atoms with van der Waals surface area (Å²) < 4.78 is 5.18. The molecule has 0 aromatic heterocycles. The van der Waals surface area contributed by atoms with Gasteiger partial charge in [-0.3, -0.25) is 15.0 Å². The molecule has 2 aromatic carbocycles. The second-order valence-electron chi connectivity index (χ2n) is 7.16. The number of nitro benzene ring substituents is 1. The maximum Gasteiger partial charge on any atom is 0.407 e. The van der Waals surface area contributed by atoms with Crippen molar-refractivity contribution in [1.82, 2.24) is 10.2 Å². The summed E-state index contributed by atoms with van der Waals surface area (Å²) in [5, 5.41) is 13.9. The van der Waals surface area contributed by atoms with Gasteiger partial charge in [-0.05, 0) is 31.5 Å². The average Bonchev–Trinajstić information content (AvgIpc) is 2.77. The van der Waals surface area contributed by atoms with Crippen LogP contribution in [-0.4, -0.2) is 35.6 Å².